The van der Waals surface area contributed by atoms with E-state index in [0.29, 0.717) is 4.73 Å². The molecule has 1 rings (SSSR count). The maximum atomic E-state index is 10.7. The van der Waals surface area contributed by atoms with Crippen molar-refractivity contribution in [1.29, 1.82) is 0 Å². The van der Waals surface area contributed by atoms with Gasteiger partial charge in [0.05, 0.1) is 0 Å². The van der Waals surface area contributed by atoms with Crippen LogP contribution in [0.1, 0.15) is 10.6 Å². The van der Waals surface area contributed by atoms with E-state index >= 15 is 0 Å². The van der Waals surface area contributed by atoms with E-state index in [4.69, 9.17) is 10.5 Å². The third-order valence-electron chi connectivity index (χ3n) is 1.12. The molecule has 0 saturated heterocycles. The fraction of sp³-hybridized carbons (Fsp3) is 0.400. The number of hydrogen-bond donors (Lipinski definition) is 1. The number of nitrogens with two attached hydrogens (primary N) is 1. The summed E-state index contributed by atoms with van der Waals surface area (Å²) in [5.41, 5.74) is 5.02. The Balaban J connectivity index is 2.99. The van der Waals surface area contributed by atoms with Crippen LogP contribution < -0.4 is 5.73 Å². The molecule has 1 aromatic heterocycles. The molecular formula is C5H7BrN4O2. The molecule has 1 aromatic rings. The van der Waals surface area contributed by atoms with Gasteiger partial charge in [0.25, 0.3) is 5.91 Å². The van der Waals surface area contributed by atoms with Crippen LogP contribution in [0.3, 0.4) is 0 Å². The smallest absolute Gasteiger partial charge is 0.286 e. The number of methoxy groups -OCH3 is 1. The second kappa shape index (κ2) is 3.63. The molecule has 0 aliphatic rings. The molecule has 0 aliphatic heterocycles. The summed E-state index contributed by atoms with van der Waals surface area (Å²) >= 11 is 3.01. The SMILES string of the molecule is COCn1nc(Br)nc1C(N)=O. The zero-order valence-corrected chi connectivity index (χ0v) is 7.91. The predicted octanol–water partition coefficient (Wildman–Crippen LogP) is -0.257. The third-order valence-corrected chi connectivity index (χ3v) is 1.45. The average molecular weight is 235 g/mol. The lowest BCUT2D eigenvalue weighted by molar-refractivity contribution is 0.0929. The Morgan fingerprint density at radius 2 is 2.50 bits per heavy atom. The zero-order chi connectivity index (χ0) is 9.14. The monoisotopic (exact) mass is 234 g/mol. The normalized spacial score (nSPS) is 10.2. The van der Waals surface area contributed by atoms with Gasteiger partial charge in [-0.05, 0) is 15.9 Å². The zero-order valence-electron chi connectivity index (χ0n) is 6.32. The van der Waals surface area contributed by atoms with Crippen molar-refractivity contribution >= 4 is 21.8 Å². The van der Waals surface area contributed by atoms with Crippen molar-refractivity contribution in [2.24, 2.45) is 5.73 Å². The average Bonchev–Trinajstić information content (AvgIpc) is 2.32. The van der Waals surface area contributed by atoms with E-state index in [1.807, 2.05) is 0 Å². The van der Waals surface area contributed by atoms with Crippen molar-refractivity contribution in [2.75, 3.05) is 7.11 Å². The largest absolute Gasteiger partial charge is 0.363 e. The van der Waals surface area contributed by atoms with Crippen LogP contribution in [0.15, 0.2) is 4.73 Å². The Kier molecular flexibility index (Phi) is 2.77. The highest BCUT2D eigenvalue weighted by atomic mass is 79.9. The fourth-order valence-corrected chi connectivity index (χ4v) is 1.07. The topological polar surface area (TPSA) is 83.0 Å². The van der Waals surface area contributed by atoms with Crippen molar-refractivity contribution in [1.82, 2.24) is 14.8 Å². The molecule has 1 amide bonds. The molecule has 0 aromatic carbocycles. The second-order valence-electron chi connectivity index (χ2n) is 1.99. The van der Waals surface area contributed by atoms with Crippen LogP contribution in [0.5, 0.6) is 0 Å². The first-order valence-electron chi connectivity index (χ1n) is 3.04. The molecular weight excluding hydrogens is 228 g/mol. The second-order valence-corrected chi connectivity index (χ2v) is 2.70. The van der Waals surface area contributed by atoms with Crippen LogP contribution in [-0.4, -0.2) is 27.8 Å². The van der Waals surface area contributed by atoms with Crippen LogP contribution >= 0.6 is 15.9 Å². The number of amides is 1. The summed E-state index contributed by atoms with van der Waals surface area (Å²) in [7, 11) is 1.49. The lowest BCUT2D eigenvalue weighted by atomic mass is 10.6. The van der Waals surface area contributed by atoms with Crippen LogP contribution in [0, 0.1) is 0 Å². The highest BCUT2D eigenvalue weighted by Crippen LogP contribution is 2.04. The van der Waals surface area contributed by atoms with Crippen LogP contribution in [0.25, 0.3) is 0 Å². The molecule has 0 bridgehead atoms. The standard InChI is InChI=1S/C5H7BrN4O2/c1-12-2-10-4(3(7)11)8-5(6)9-10/h2H2,1H3,(H2,7,11). The molecule has 0 aliphatic carbocycles. The summed E-state index contributed by atoms with van der Waals surface area (Å²) in [6.07, 6.45) is 0. The minimum absolute atomic E-state index is 0.0729. The minimum Gasteiger partial charge on any atom is -0.363 e. The van der Waals surface area contributed by atoms with Gasteiger partial charge in [-0.2, -0.15) is 4.98 Å². The van der Waals surface area contributed by atoms with Gasteiger partial charge < -0.3 is 10.5 Å². The highest BCUT2D eigenvalue weighted by Gasteiger charge is 2.12. The van der Waals surface area contributed by atoms with Crippen LogP contribution in [0.2, 0.25) is 0 Å². The van der Waals surface area contributed by atoms with Gasteiger partial charge in [0, 0.05) is 7.11 Å². The quantitative estimate of drug-likeness (QED) is 0.782. The van der Waals surface area contributed by atoms with Crippen molar-refractivity contribution in [3.05, 3.63) is 10.6 Å². The van der Waals surface area contributed by atoms with Crippen molar-refractivity contribution in [3.8, 4) is 0 Å². The third kappa shape index (κ3) is 1.80. The first-order chi connectivity index (χ1) is 5.65. The maximum absolute atomic E-state index is 10.7. The molecule has 0 unspecified atom stereocenters. The summed E-state index contributed by atoms with van der Waals surface area (Å²) in [5.74, 6) is -0.561. The van der Waals surface area contributed by atoms with Gasteiger partial charge in [0.15, 0.2) is 0 Å². The Labute approximate surface area is 76.8 Å². The highest BCUT2D eigenvalue weighted by molar-refractivity contribution is 9.10. The van der Waals surface area contributed by atoms with Gasteiger partial charge >= 0.3 is 0 Å². The molecule has 0 atom stereocenters. The van der Waals surface area contributed by atoms with E-state index in [9.17, 15) is 4.79 Å². The molecule has 0 radical (unpaired) electrons. The summed E-state index contributed by atoms with van der Waals surface area (Å²) in [6, 6.07) is 0. The van der Waals surface area contributed by atoms with Crippen LogP contribution in [-0.2, 0) is 11.5 Å². The lowest BCUT2D eigenvalue weighted by Crippen LogP contribution is -2.19. The number of nitrogens with zero attached hydrogens (tertiary/aromatic N) is 3. The first-order valence-corrected chi connectivity index (χ1v) is 3.83. The van der Waals surface area contributed by atoms with Crippen LogP contribution in [0.4, 0.5) is 0 Å². The minimum atomic E-state index is -0.634. The summed E-state index contributed by atoms with van der Waals surface area (Å²) in [6.45, 7) is 0.150. The van der Waals surface area contributed by atoms with E-state index in [0.717, 1.165) is 0 Å². The number of primary amides is 1. The van der Waals surface area contributed by atoms with E-state index in [1.165, 1.54) is 11.8 Å². The molecule has 1 heterocycles. The van der Waals surface area contributed by atoms with Gasteiger partial charge in [-0.25, -0.2) is 4.68 Å². The molecule has 66 valence electrons. The van der Waals surface area contributed by atoms with Crippen molar-refractivity contribution in [3.63, 3.8) is 0 Å². The van der Waals surface area contributed by atoms with Gasteiger partial charge in [-0.15, -0.1) is 5.10 Å². The molecule has 7 heteroatoms. The summed E-state index contributed by atoms with van der Waals surface area (Å²) in [4.78, 5) is 14.5. The van der Waals surface area contributed by atoms with Gasteiger partial charge in [-0.1, -0.05) is 0 Å². The van der Waals surface area contributed by atoms with Gasteiger partial charge in [0.2, 0.25) is 10.6 Å². The molecule has 2 N–H and O–H groups in total. The van der Waals surface area contributed by atoms with E-state index < -0.39 is 5.91 Å². The summed E-state index contributed by atoms with van der Waals surface area (Å²) < 4.78 is 6.35. The Hall–Kier alpha value is -0.950. The molecule has 0 fully saturated rings. The van der Waals surface area contributed by atoms with Gasteiger partial charge in [0.1, 0.15) is 6.73 Å². The fourth-order valence-electron chi connectivity index (χ4n) is 0.709. The predicted molar refractivity (Wildman–Crippen MR) is 43.2 cm³/mol. The number of rotatable bonds is 3. The lowest BCUT2D eigenvalue weighted by Gasteiger charge is -1.99. The number of ether oxygens (including phenoxy) is 1. The van der Waals surface area contributed by atoms with Gasteiger partial charge in [-0.3, -0.25) is 4.79 Å². The molecule has 12 heavy (non-hydrogen) atoms. The van der Waals surface area contributed by atoms with Crippen molar-refractivity contribution in [2.45, 2.75) is 6.73 Å². The molecule has 0 spiro atoms. The molecule has 0 saturated carbocycles. The van der Waals surface area contributed by atoms with Crippen molar-refractivity contribution < 1.29 is 9.53 Å². The number of carbonyl (C=O) groups excluding carboxylic acids is 1. The number of aromatic nitrogens is 3. The van der Waals surface area contributed by atoms with E-state index in [-0.39, 0.29) is 12.6 Å². The Bertz CT molecular complexity index is 298. The Morgan fingerprint density at radius 1 is 1.83 bits per heavy atom. The number of hydrogen-bond acceptors (Lipinski definition) is 4. The number of carbonyl (C=O) groups is 1. The Morgan fingerprint density at radius 3 is 3.00 bits per heavy atom. The molecule has 6 nitrogen and oxygen atoms in total. The van der Waals surface area contributed by atoms with E-state index in [2.05, 4.69) is 26.0 Å². The van der Waals surface area contributed by atoms with E-state index in [1.54, 1.807) is 0 Å². The maximum Gasteiger partial charge on any atom is 0.286 e. The first kappa shape index (κ1) is 9.14. The summed E-state index contributed by atoms with van der Waals surface area (Å²) in [5, 5.41) is 3.82. The number of halogens is 1.